The summed E-state index contributed by atoms with van der Waals surface area (Å²) in [6.45, 7) is 1.28. The second kappa shape index (κ2) is 6.53. The minimum atomic E-state index is -0.472. The van der Waals surface area contributed by atoms with E-state index < -0.39 is 5.63 Å². The topological polar surface area (TPSA) is 105 Å². The molecule has 4 rings (SSSR count). The second-order valence-corrected chi connectivity index (χ2v) is 7.45. The Morgan fingerprint density at radius 3 is 3.00 bits per heavy atom. The van der Waals surface area contributed by atoms with E-state index in [4.69, 9.17) is 21.8 Å². The van der Waals surface area contributed by atoms with Gasteiger partial charge in [0, 0.05) is 35.9 Å². The molecule has 7 nitrogen and oxygen atoms in total. The highest BCUT2D eigenvalue weighted by Crippen LogP contribution is 2.29. The van der Waals surface area contributed by atoms with Crippen molar-refractivity contribution in [3.05, 3.63) is 65.3 Å². The van der Waals surface area contributed by atoms with Gasteiger partial charge in [-0.1, -0.05) is 27.5 Å². The van der Waals surface area contributed by atoms with Crippen LogP contribution in [0.15, 0.2) is 36.7 Å². The Bertz CT molecular complexity index is 1140. The molecule has 3 aromatic rings. The first-order valence-corrected chi connectivity index (χ1v) is 9.10. The number of fused-ring (bicyclic) bond motifs is 2. The summed E-state index contributed by atoms with van der Waals surface area (Å²) in [5.41, 5.74) is 6.94. The van der Waals surface area contributed by atoms with Gasteiger partial charge in [-0.3, -0.25) is 14.7 Å². The van der Waals surface area contributed by atoms with Crippen LogP contribution in [0, 0.1) is 0 Å². The number of nitrogen functional groups attached to an aromatic ring is 1. The molecular weight excluding hydrogens is 424 g/mol. The number of H-pyrrole nitrogens is 1. The molecule has 1 aromatic carbocycles. The number of halogens is 2. The first kappa shape index (κ1) is 17.3. The zero-order chi connectivity index (χ0) is 18.4. The first-order valence-electron chi connectivity index (χ1n) is 7.93. The number of aromatic amines is 1. The van der Waals surface area contributed by atoms with Gasteiger partial charge >= 0.3 is 5.63 Å². The fraction of sp³-hybridized carbons (Fsp3) is 0.235. The molecule has 0 aliphatic carbocycles. The van der Waals surface area contributed by atoms with E-state index in [0.29, 0.717) is 52.3 Å². The fourth-order valence-corrected chi connectivity index (χ4v) is 3.81. The van der Waals surface area contributed by atoms with Crippen molar-refractivity contribution in [2.24, 2.45) is 0 Å². The van der Waals surface area contributed by atoms with E-state index in [2.05, 4.69) is 25.9 Å². The summed E-state index contributed by atoms with van der Waals surface area (Å²) in [7, 11) is 0. The third kappa shape index (κ3) is 3.04. The number of hydrogen-bond donors (Lipinski definition) is 2. The summed E-state index contributed by atoms with van der Waals surface area (Å²) in [4.78, 5) is 33.2. The normalized spacial score (nSPS) is 14.5. The van der Waals surface area contributed by atoms with Crippen LogP contribution in [0.25, 0.3) is 11.0 Å². The lowest BCUT2D eigenvalue weighted by Crippen LogP contribution is -2.36. The molecule has 2 aromatic heterocycles. The molecule has 1 aliphatic heterocycles. The van der Waals surface area contributed by atoms with Crippen molar-refractivity contribution < 1.29 is 4.42 Å². The maximum atomic E-state index is 12.4. The van der Waals surface area contributed by atoms with Crippen molar-refractivity contribution in [2.45, 2.75) is 19.5 Å². The third-order valence-electron chi connectivity index (χ3n) is 4.44. The molecule has 0 radical (unpaired) electrons. The highest BCUT2D eigenvalue weighted by Gasteiger charge is 2.23. The second-order valence-electron chi connectivity index (χ2n) is 6.16. The predicted molar refractivity (Wildman–Crippen MR) is 102 cm³/mol. The number of benzene rings is 1. The molecule has 0 fully saturated rings. The van der Waals surface area contributed by atoms with Crippen LogP contribution in [0.1, 0.15) is 16.8 Å². The molecule has 0 unspecified atom stereocenters. The van der Waals surface area contributed by atoms with Gasteiger partial charge in [-0.15, -0.1) is 0 Å². The molecule has 0 amide bonds. The van der Waals surface area contributed by atoms with E-state index in [1.807, 2.05) is 11.0 Å². The van der Waals surface area contributed by atoms with Crippen LogP contribution in [0.5, 0.6) is 0 Å². The summed E-state index contributed by atoms with van der Waals surface area (Å²) in [6.07, 6.45) is 0.575. The number of nitrogens with zero attached hydrogens (tertiary/aromatic N) is 2. The van der Waals surface area contributed by atoms with E-state index in [9.17, 15) is 9.59 Å². The largest absolute Gasteiger partial charge is 0.422 e. The molecule has 0 saturated heterocycles. The molecule has 1 aliphatic rings. The molecule has 0 atom stereocenters. The number of hydrogen-bond acceptors (Lipinski definition) is 6. The van der Waals surface area contributed by atoms with Crippen molar-refractivity contribution >= 4 is 44.4 Å². The summed E-state index contributed by atoms with van der Waals surface area (Å²) in [6, 6.07) is 5.30. The van der Waals surface area contributed by atoms with Crippen LogP contribution in [0.3, 0.4) is 0 Å². The van der Waals surface area contributed by atoms with Crippen LogP contribution in [-0.4, -0.2) is 21.4 Å². The van der Waals surface area contributed by atoms with Crippen molar-refractivity contribution in [1.29, 1.82) is 0 Å². The molecule has 0 bridgehead atoms. The van der Waals surface area contributed by atoms with Crippen molar-refractivity contribution in [2.75, 3.05) is 12.3 Å². The lowest BCUT2D eigenvalue weighted by Gasteiger charge is -2.27. The van der Waals surface area contributed by atoms with Crippen molar-refractivity contribution in [3.63, 3.8) is 0 Å². The van der Waals surface area contributed by atoms with Gasteiger partial charge in [-0.2, -0.15) is 0 Å². The molecule has 26 heavy (non-hydrogen) atoms. The Balaban J connectivity index is 1.70. The van der Waals surface area contributed by atoms with E-state index in [-0.39, 0.29) is 18.1 Å². The predicted octanol–water partition coefficient (Wildman–Crippen LogP) is 2.43. The average Bonchev–Trinajstić information content (AvgIpc) is 2.60. The van der Waals surface area contributed by atoms with Crippen LogP contribution in [0.4, 0.5) is 5.95 Å². The zero-order valence-corrected chi connectivity index (χ0v) is 15.9. The van der Waals surface area contributed by atoms with Crippen LogP contribution in [-0.2, 0) is 19.5 Å². The highest BCUT2D eigenvalue weighted by atomic mass is 79.9. The van der Waals surface area contributed by atoms with Gasteiger partial charge in [0.2, 0.25) is 5.95 Å². The van der Waals surface area contributed by atoms with Gasteiger partial charge in [0.25, 0.3) is 5.56 Å². The highest BCUT2D eigenvalue weighted by molar-refractivity contribution is 9.10. The van der Waals surface area contributed by atoms with Crippen molar-refractivity contribution in [3.8, 4) is 0 Å². The van der Waals surface area contributed by atoms with Gasteiger partial charge in [0.05, 0.1) is 21.8 Å². The minimum Gasteiger partial charge on any atom is -0.422 e. The molecular formula is C17H14BrClN4O3. The Labute approximate surface area is 160 Å². The summed E-state index contributed by atoms with van der Waals surface area (Å²) in [5, 5.41) is 1.04. The fourth-order valence-electron chi connectivity index (χ4n) is 3.17. The van der Waals surface area contributed by atoms with E-state index in [1.54, 1.807) is 12.1 Å². The Morgan fingerprint density at radius 2 is 2.19 bits per heavy atom. The Kier molecular flexibility index (Phi) is 4.34. The van der Waals surface area contributed by atoms with Gasteiger partial charge in [-0.05, 0) is 18.2 Å². The van der Waals surface area contributed by atoms with Gasteiger partial charge in [-0.25, -0.2) is 9.78 Å². The van der Waals surface area contributed by atoms with E-state index >= 15 is 0 Å². The lowest BCUT2D eigenvalue weighted by molar-refractivity contribution is 0.239. The first-order chi connectivity index (χ1) is 12.4. The SMILES string of the molecule is Nc1nc2c(c(=O)[nH]1)CN(Cc1c(Cl)c3cc(Br)ccc3oc1=O)CC2. The smallest absolute Gasteiger partial charge is 0.342 e. The Morgan fingerprint density at radius 1 is 1.38 bits per heavy atom. The van der Waals surface area contributed by atoms with Gasteiger partial charge in [0.15, 0.2) is 0 Å². The number of rotatable bonds is 2. The maximum absolute atomic E-state index is 12.4. The monoisotopic (exact) mass is 436 g/mol. The van der Waals surface area contributed by atoms with E-state index in [1.165, 1.54) is 0 Å². The molecule has 3 heterocycles. The van der Waals surface area contributed by atoms with Gasteiger partial charge in [0.1, 0.15) is 5.58 Å². The van der Waals surface area contributed by atoms with Crippen LogP contribution in [0.2, 0.25) is 5.02 Å². The molecule has 0 spiro atoms. The zero-order valence-electron chi connectivity index (χ0n) is 13.5. The third-order valence-corrected chi connectivity index (χ3v) is 5.36. The summed E-state index contributed by atoms with van der Waals surface area (Å²) >= 11 is 9.88. The van der Waals surface area contributed by atoms with Crippen LogP contribution >= 0.6 is 27.5 Å². The molecule has 3 N–H and O–H groups in total. The van der Waals surface area contributed by atoms with Crippen LogP contribution < -0.4 is 16.9 Å². The minimum absolute atomic E-state index is 0.117. The maximum Gasteiger partial charge on any atom is 0.342 e. The van der Waals surface area contributed by atoms with Gasteiger partial charge < -0.3 is 10.2 Å². The summed E-state index contributed by atoms with van der Waals surface area (Å²) in [5.74, 6) is 0.117. The average molecular weight is 438 g/mol. The standard InChI is InChI=1S/C17H14BrClN4O3/c18-8-1-2-13-9(5-8)14(19)11(16(25)26-13)7-23-4-3-12-10(6-23)15(24)22-17(20)21-12/h1-2,5H,3-4,6-7H2,(H3,20,21,22,24). The Hall–Kier alpha value is -2.16. The number of anilines is 1. The molecule has 0 saturated carbocycles. The number of nitrogens with two attached hydrogens (primary N) is 1. The number of nitrogens with one attached hydrogen (secondary N) is 1. The number of aromatic nitrogens is 2. The van der Waals surface area contributed by atoms with E-state index in [0.717, 1.165) is 4.47 Å². The quantitative estimate of drug-likeness (QED) is 0.597. The molecule has 9 heteroatoms. The summed E-state index contributed by atoms with van der Waals surface area (Å²) < 4.78 is 6.24. The molecule has 134 valence electrons. The lowest BCUT2D eigenvalue weighted by atomic mass is 10.1. The van der Waals surface area contributed by atoms with Crippen molar-refractivity contribution in [1.82, 2.24) is 14.9 Å².